The van der Waals surface area contributed by atoms with Crippen molar-refractivity contribution in [3.05, 3.63) is 29.8 Å². The van der Waals surface area contributed by atoms with E-state index in [0.717, 1.165) is 10.5 Å². The lowest BCUT2D eigenvalue weighted by molar-refractivity contribution is -0.141. The van der Waals surface area contributed by atoms with Gasteiger partial charge in [0.1, 0.15) is 6.54 Å². The Hall–Kier alpha value is -1.99. The summed E-state index contributed by atoms with van der Waals surface area (Å²) in [7, 11) is 0. The van der Waals surface area contributed by atoms with Crippen molar-refractivity contribution in [2.24, 2.45) is 5.73 Å². The van der Waals surface area contributed by atoms with Crippen LogP contribution in [0.25, 0.3) is 0 Å². The summed E-state index contributed by atoms with van der Waals surface area (Å²) in [6.07, 6.45) is 0. The summed E-state index contributed by atoms with van der Waals surface area (Å²) in [4.78, 5) is 23.2. The molecule has 1 rings (SSSR count). The summed E-state index contributed by atoms with van der Waals surface area (Å²) >= 11 is 5.03. The van der Waals surface area contributed by atoms with E-state index in [4.69, 9.17) is 23.1 Å². The predicted octanol–water partition coefficient (Wildman–Crippen LogP) is 0.564. The zero-order valence-electron chi connectivity index (χ0n) is 10.4. The summed E-state index contributed by atoms with van der Waals surface area (Å²) in [6.45, 7) is 1.12. The molecule has 0 bridgehead atoms. The van der Waals surface area contributed by atoms with Gasteiger partial charge in [0.15, 0.2) is 5.11 Å². The third-order valence-electron chi connectivity index (χ3n) is 2.32. The van der Waals surface area contributed by atoms with Crippen LogP contribution < -0.4 is 11.1 Å². The molecular weight excluding hydrogens is 266 g/mol. The first kappa shape index (κ1) is 15.1. The molecule has 0 radical (unpaired) electrons. The van der Waals surface area contributed by atoms with Crippen LogP contribution in [0.4, 0.5) is 5.69 Å². The van der Waals surface area contributed by atoms with Crippen molar-refractivity contribution < 1.29 is 14.7 Å². The number of amides is 1. The van der Waals surface area contributed by atoms with Crippen LogP contribution in [0, 0.1) is 6.92 Å². The first-order chi connectivity index (χ1) is 8.93. The Balaban J connectivity index is 2.79. The maximum Gasteiger partial charge on any atom is 0.323 e. The minimum atomic E-state index is -1.16. The first-order valence-corrected chi connectivity index (χ1v) is 5.94. The maximum absolute atomic E-state index is 11.5. The van der Waals surface area contributed by atoms with Gasteiger partial charge in [-0.2, -0.15) is 0 Å². The number of rotatable bonds is 4. The molecule has 0 spiro atoms. The number of thiocarbonyl (C=S) groups is 1. The fourth-order valence-electron chi connectivity index (χ4n) is 1.35. The average molecular weight is 281 g/mol. The van der Waals surface area contributed by atoms with Crippen LogP contribution >= 0.6 is 12.2 Å². The molecule has 19 heavy (non-hydrogen) atoms. The van der Waals surface area contributed by atoms with E-state index in [1.807, 2.05) is 19.1 Å². The number of nitrogens with zero attached hydrogens (tertiary/aromatic N) is 1. The number of nitrogens with one attached hydrogen (secondary N) is 1. The van der Waals surface area contributed by atoms with Gasteiger partial charge in [-0.25, -0.2) is 0 Å². The molecule has 0 heterocycles. The summed E-state index contributed by atoms with van der Waals surface area (Å²) in [6, 6.07) is 7.31. The van der Waals surface area contributed by atoms with Crippen LogP contribution in [0.15, 0.2) is 24.3 Å². The van der Waals surface area contributed by atoms with Crippen molar-refractivity contribution in [2.45, 2.75) is 6.92 Å². The van der Waals surface area contributed by atoms with Gasteiger partial charge in [-0.15, -0.1) is 0 Å². The Labute approximate surface area is 116 Å². The second-order valence-electron chi connectivity index (χ2n) is 3.87. The highest BCUT2D eigenvalue weighted by Crippen LogP contribution is 2.09. The number of carboxylic acids is 1. The molecule has 1 aromatic rings. The highest BCUT2D eigenvalue weighted by Gasteiger charge is 2.19. The molecule has 0 aliphatic carbocycles. The lowest BCUT2D eigenvalue weighted by atomic mass is 10.2. The third kappa shape index (κ3) is 4.65. The van der Waals surface area contributed by atoms with E-state index in [2.05, 4.69) is 5.32 Å². The number of aliphatic carboxylic acids is 1. The Bertz CT molecular complexity index is 487. The lowest BCUT2D eigenvalue weighted by Crippen LogP contribution is -2.45. The van der Waals surface area contributed by atoms with E-state index >= 15 is 0 Å². The predicted molar refractivity (Wildman–Crippen MR) is 75.8 cm³/mol. The number of nitrogens with two attached hydrogens (primary N) is 1. The van der Waals surface area contributed by atoms with Crippen LogP contribution in [0.2, 0.25) is 0 Å². The summed E-state index contributed by atoms with van der Waals surface area (Å²) in [5, 5.41) is 11.6. The number of aryl methyl sites for hydroxylation is 1. The molecule has 4 N–H and O–H groups in total. The number of hydrogen-bond donors (Lipinski definition) is 3. The van der Waals surface area contributed by atoms with Crippen molar-refractivity contribution in [1.82, 2.24) is 4.90 Å². The minimum absolute atomic E-state index is 0.0155. The number of carbonyl (C=O) groups excluding carboxylic acids is 1. The highest BCUT2D eigenvalue weighted by molar-refractivity contribution is 7.80. The number of carboxylic acid groups (broad SMARTS) is 1. The molecule has 0 aromatic heterocycles. The first-order valence-electron chi connectivity index (χ1n) is 5.54. The molecule has 0 atom stereocenters. The number of carbonyl (C=O) groups is 2. The smallest absolute Gasteiger partial charge is 0.323 e. The van der Waals surface area contributed by atoms with Crippen LogP contribution in [-0.4, -0.2) is 40.1 Å². The molecule has 0 saturated heterocycles. The normalized spacial score (nSPS) is 9.79. The molecule has 0 saturated carbocycles. The molecule has 102 valence electrons. The Morgan fingerprint density at radius 1 is 1.37 bits per heavy atom. The van der Waals surface area contributed by atoms with Crippen molar-refractivity contribution in [2.75, 3.05) is 18.4 Å². The van der Waals surface area contributed by atoms with Gasteiger partial charge in [0.2, 0.25) is 5.91 Å². The van der Waals surface area contributed by atoms with Crippen LogP contribution in [0.1, 0.15) is 5.56 Å². The van der Waals surface area contributed by atoms with Crippen molar-refractivity contribution in [3.63, 3.8) is 0 Å². The largest absolute Gasteiger partial charge is 0.480 e. The summed E-state index contributed by atoms with van der Waals surface area (Å²) in [5.41, 5.74) is 6.99. The number of anilines is 1. The van der Waals surface area contributed by atoms with Crippen LogP contribution in [0.3, 0.4) is 0 Å². The third-order valence-corrected chi connectivity index (χ3v) is 2.64. The molecule has 1 amide bonds. The molecule has 0 unspecified atom stereocenters. The standard InChI is InChI=1S/C12H15N3O3S/c1-8-2-4-9(5-3-8)14-12(19)15(7-11(17)18)10(16)6-13/h2-5H,6-7,13H2,1H3,(H,14,19)(H,17,18). The number of hydrogen-bond acceptors (Lipinski definition) is 4. The number of benzene rings is 1. The van der Waals surface area contributed by atoms with E-state index in [9.17, 15) is 9.59 Å². The zero-order valence-corrected chi connectivity index (χ0v) is 11.2. The van der Waals surface area contributed by atoms with Crippen LogP contribution in [-0.2, 0) is 9.59 Å². The maximum atomic E-state index is 11.5. The molecule has 0 fully saturated rings. The monoisotopic (exact) mass is 281 g/mol. The SMILES string of the molecule is Cc1ccc(NC(=S)N(CC(=O)O)C(=O)CN)cc1. The van der Waals surface area contributed by atoms with E-state index in [-0.39, 0.29) is 11.7 Å². The second kappa shape index (κ2) is 6.81. The van der Waals surface area contributed by atoms with Gasteiger partial charge in [-0.3, -0.25) is 14.5 Å². The summed E-state index contributed by atoms with van der Waals surface area (Å²) < 4.78 is 0. The lowest BCUT2D eigenvalue weighted by Gasteiger charge is -2.21. The van der Waals surface area contributed by atoms with Crippen molar-refractivity contribution >= 4 is 34.9 Å². The van der Waals surface area contributed by atoms with Gasteiger partial charge in [-0.05, 0) is 31.3 Å². The molecule has 0 aliphatic rings. The molecule has 0 aliphatic heterocycles. The Kier molecular flexibility index (Phi) is 5.40. The van der Waals surface area contributed by atoms with Gasteiger partial charge in [0.25, 0.3) is 0 Å². The molecule has 1 aromatic carbocycles. The molecule has 6 nitrogen and oxygen atoms in total. The Morgan fingerprint density at radius 3 is 2.42 bits per heavy atom. The quantitative estimate of drug-likeness (QED) is 0.698. The Morgan fingerprint density at radius 2 is 1.95 bits per heavy atom. The van der Waals surface area contributed by atoms with Crippen molar-refractivity contribution in [3.8, 4) is 0 Å². The van der Waals surface area contributed by atoms with E-state index in [1.54, 1.807) is 12.1 Å². The highest BCUT2D eigenvalue weighted by atomic mass is 32.1. The molecule has 7 heteroatoms. The van der Waals surface area contributed by atoms with E-state index in [0.29, 0.717) is 5.69 Å². The average Bonchev–Trinajstić information content (AvgIpc) is 2.37. The zero-order chi connectivity index (χ0) is 14.4. The van der Waals surface area contributed by atoms with Gasteiger partial charge in [-0.1, -0.05) is 17.7 Å². The van der Waals surface area contributed by atoms with E-state index < -0.39 is 18.4 Å². The summed E-state index contributed by atoms with van der Waals surface area (Å²) in [5.74, 6) is -1.71. The fourth-order valence-corrected chi connectivity index (χ4v) is 1.63. The second-order valence-corrected chi connectivity index (χ2v) is 4.26. The van der Waals surface area contributed by atoms with Gasteiger partial charge < -0.3 is 16.2 Å². The van der Waals surface area contributed by atoms with Gasteiger partial charge >= 0.3 is 5.97 Å². The van der Waals surface area contributed by atoms with Crippen LogP contribution in [0.5, 0.6) is 0 Å². The fraction of sp³-hybridized carbons (Fsp3) is 0.250. The van der Waals surface area contributed by atoms with Gasteiger partial charge in [0.05, 0.1) is 6.54 Å². The minimum Gasteiger partial charge on any atom is -0.480 e. The van der Waals surface area contributed by atoms with Crippen molar-refractivity contribution in [1.29, 1.82) is 0 Å². The van der Waals surface area contributed by atoms with E-state index in [1.165, 1.54) is 0 Å². The van der Waals surface area contributed by atoms with Gasteiger partial charge in [0, 0.05) is 5.69 Å². The topological polar surface area (TPSA) is 95.7 Å². The molecular formula is C12H15N3O3S.